The summed E-state index contributed by atoms with van der Waals surface area (Å²) >= 11 is 0. The molecule has 12 radical (unpaired) electrons. The molecule has 172 valence electrons. The number of carbonyl (C=O) groups is 2. The molecule has 10 heteroatoms. The molecule has 0 N–H and O–H groups in total. The maximum atomic E-state index is 13.1. The first-order valence-electron chi connectivity index (χ1n) is 12.3. The van der Waals surface area contributed by atoms with Gasteiger partial charge in [0.15, 0.2) is 0 Å². The van der Waals surface area contributed by atoms with Crippen LogP contribution in [0.15, 0.2) is 24.3 Å². The Kier molecular flexibility index (Phi) is 10.5. The molecular formula is C26H26B6O4. The molecule has 3 rings (SSSR count). The van der Waals surface area contributed by atoms with Crippen LogP contribution in [0.4, 0.5) is 0 Å². The molecule has 2 aromatic carbocycles. The van der Waals surface area contributed by atoms with Crippen LogP contribution in [0.25, 0.3) is 0 Å². The molecule has 1 aliphatic rings. The van der Waals surface area contributed by atoms with E-state index in [-0.39, 0.29) is 25.3 Å². The standard InChI is InChI=1S/C26H26B6O4/c27-9-15-4-19(11-29)23(20(5-15)12-30)35-25(33)17-2-1-3-18(8-17)26(34)36-24-21(13-31)6-16(10-28)7-22(24)14-32/h4-7,17-18H,1-3,8-14H2. The second-order valence-electron chi connectivity index (χ2n) is 9.11. The Morgan fingerprint density at radius 3 is 1.22 bits per heavy atom. The number of esters is 2. The highest BCUT2D eigenvalue weighted by molar-refractivity contribution is 6.11. The van der Waals surface area contributed by atoms with Crippen LogP contribution in [-0.4, -0.2) is 59.0 Å². The lowest BCUT2D eigenvalue weighted by Gasteiger charge is -2.27. The van der Waals surface area contributed by atoms with E-state index in [0.717, 1.165) is 11.1 Å². The Morgan fingerprint density at radius 2 is 0.944 bits per heavy atom. The number of ether oxygens (including phenoxy) is 2. The molecule has 0 aromatic heterocycles. The van der Waals surface area contributed by atoms with E-state index in [1.165, 1.54) is 0 Å². The van der Waals surface area contributed by atoms with Gasteiger partial charge < -0.3 is 9.47 Å². The van der Waals surface area contributed by atoms with E-state index in [4.69, 9.17) is 56.6 Å². The molecule has 1 saturated carbocycles. The Balaban J connectivity index is 1.75. The molecule has 2 atom stereocenters. The van der Waals surface area contributed by atoms with Crippen LogP contribution >= 0.6 is 0 Å². The lowest BCUT2D eigenvalue weighted by molar-refractivity contribution is -0.145. The minimum Gasteiger partial charge on any atom is -0.426 e. The summed E-state index contributed by atoms with van der Waals surface area (Å²) < 4.78 is 11.6. The maximum absolute atomic E-state index is 13.1. The summed E-state index contributed by atoms with van der Waals surface area (Å²) in [6.07, 6.45) is 3.62. The highest BCUT2D eigenvalue weighted by atomic mass is 16.5. The summed E-state index contributed by atoms with van der Waals surface area (Å²) in [5.74, 6) is -0.960. The van der Waals surface area contributed by atoms with Crippen molar-refractivity contribution in [3.05, 3.63) is 57.6 Å². The van der Waals surface area contributed by atoms with Crippen LogP contribution in [0, 0.1) is 11.8 Å². The highest BCUT2D eigenvalue weighted by Crippen LogP contribution is 2.35. The first-order chi connectivity index (χ1) is 17.4. The average Bonchev–Trinajstić information content (AvgIpc) is 2.92. The molecular weight excluding hydrogens is 441 g/mol. The normalized spacial score (nSPS) is 17.4. The van der Waals surface area contributed by atoms with Gasteiger partial charge in [-0.1, -0.05) is 79.7 Å². The van der Waals surface area contributed by atoms with Crippen LogP contribution in [0.1, 0.15) is 59.1 Å². The van der Waals surface area contributed by atoms with Crippen LogP contribution in [0.3, 0.4) is 0 Å². The van der Waals surface area contributed by atoms with Crippen LogP contribution < -0.4 is 9.47 Å². The van der Waals surface area contributed by atoms with Gasteiger partial charge in [0.1, 0.15) is 11.5 Å². The number of benzene rings is 2. The van der Waals surface area contributed by atoms with Gasteiger partial charge in [-0.25, -0.2) is 0 Å². The summed E-state index contributed by atoms with van der Waals surface area (Å²) in [6.45, 7) is 0. The third-order valence-corrected chi connectivity index (χ3v) is 6.70. The Bertz CT molecular complexity index is 957. The fourth-order valence-electron chi connectivity index (χ4n) is 4.74. The van der Waals surface area contributed by atoms with Crippen molar-refractivity contribution >= 4 is 59.0 Å². The van der Waals surface area contributed by atoms with Crippen molar-refractivity contribution in [2.75, 3.05) is 0 Å². The van der Waals surface area contributed by atoms with Gasteiger partial charge in [-0.05, 0) is 41.5 Å². The summed E-state index contributed by atoms with van der Waals surface area (Å²) in [5.41, 5.74) is 4.41. The van der Waals surface area contributed by atoms with Crippen molar-refractivity contribution in [1.29, 1.82) is 0 Å². The average molecular weight is 467 g/mol. The SMILES string of the molecule is [B]Cc1cc(C[B])c(OC(=O)C2CCCC(C(=O)Oc3c(C[B])cc(C[B])cc3C[B])C2)c(C[B])c1. The number of carbonyl (C=O) groups excluding carboxylic acids is 2. The fourth-order valence-corrected chi connectivity index (χ4v) is 4.74. The van der Waals surface area contributed by atoms with E-state index < -0.39 is 23.8 Å². The summed E-state index contributed by atoms with van der Waals surface area (Å²) in [4.78, 5) is 26.3. The fraction of sp³-hybridized carbons (Fsp3) is 0.462. The van der Waals surface area contributed by atoms with Gasteiger partial charge in [0.2, 0.25) is 0 Å². The second kappa shape index (κ2) is 13.4. The highest BCUT2D eigenvalue weighted by Gasteiger charge is 2.34. The van der Waals surface area contributed by atoms with Crippen molar-refractivity contribution < 1.29 is 19.1 Å². The van der Waals surface area contributed by atoms with Crippen LogP contribution in [0.2, 0.25) is 0 Å². The molecule has 0 bridgehead atoms. The Morgan fingerprint density at radius 1 is 0.611 bits per heavy atom. The molecule has 0 amide bonds. The van der Waals surface area contributed by atoms with E-state index in [2.05, 4.69) is 0 Å². The minimum absolute atomic E-state index is 0.180. The van der Waals surface area contributed by atoms with Crippen molar-refractivity contribution in [3.63, 3.8) is 0 Å². The van der Waals surface area contributed by atoms with Crippen LogP contribution in [0.5, 0.6) is 11.5 Å². The first kappa shape index (κ1) is 28.3. The molecule has 2 unspecified atom stereocenters. The summed E-state index contributed by atoms with van der Waals surface area (Å²) in [5, 5.41) is 0. The van der Waals surface area contributed by atoms with E-state index in [1.807, 2.05) is 24.3 Å². The van der Waals surface area contributed by atoms with E-state index in [1.54, 1.807) is 0 Å². The summed E-state index contributed by atoms with van der Waals surface area (Å²) in [6, 6.07) is 7.29. The van der Waals surface area contributed by atoms with E-state index in [9.17, 15) is 9.59 Å². The predicted octanol–water partition coefficient (Wildman–Crippen LogP) is 2.01. The van der Waals surface area contributed by atoms with Crippen molar-refractivity contribution in [2.45, 2.75) is 63.6 Å². The van der Waals surface area contributed by atoms with Gasteiger partial charge in [0, 0.05) is 0 Å². The van der Waals surface area contributed by atoms with Gasteiger partial charge in [-0.2, -0.15) is 0 Å². The molecule has 0 spiro atoms. The maximum Gasteiger partial charge on any atom is 0.314 e. The number of rotatable bonds is 10. The molecule has 1 fully saturated rings. The van der Waals surface area contributed by atoms with Gasteiger partial charge in [0.05, 0.1) is 58.9 Å². The zero-order valence-corrected chi connectivity index (χ0v) is 20.6. The van der Waals surface area contributed by atoms with Gasteiger partial charge >= 0.3 is 11.9 Å². The van der Waals surface area contributed by atoms with Crippen LogP contribution in [-0.2, 0) is 47.5 Å². The van der Waals surface area contributed by atoms with Gasteiger partial charge in [-0.15, -0.1) is 0 Å². The van der Waals surface area contributed by atoms with Crippen molar-refractivity contribution in [3.8, 4) is 11.5 Å². The Labute approximate surface area is 222 Å². The van der Waals surface area contributed by atoms with Crippen molar-refractivity contribution in [1.82, 2.24) is 0 Å². The lowest BCUT2D eigenvalue weighted by Crippen LogP contribution is -2.32. The smallest absolute Gasteiger partial charge is 0.314 e. The van der Waals surface area contributed by atoms with Gasteiger partial charge in [0.25, 0.3) is 0 Å². The minimum atomic E-state index is -0.454. The summed E-state index contributed by atoms with van der Waals surface area (Å²) in [7, 11) is 35.1. The first-order valence-corrected chi connectivity index (χ1v) is 12.3. The van der Waals surface area contributed by atoms with E-state index >= 15 is 0 Å². The lowest BCUT2D eigenvalue weighted by atomic mass is 9.81. The zero-order valence-electron chi connectivity index (χ0n) is 20.6. The quantitative estimate of drug-likeness (QED) is 0.305. The molecule has 0 saturated heterocycles. The topological polar surface area (TPSA) is 52.6 Å². The zero-order chi connectivity index (χ0) is 26.2. The molecule has 2 aromatic rings. The molecule has 4 nitrogen and oxygen atoms in total. The molecule has 0 aliphatic heterocycles. The third-order valence-electron chi connectivity index (χ3n) is 6.70. The molecule has 1 aliphatic carbocycles. The predicted molar refractivity (Wildman–Crippen MR) is 146 cm³/mol. The largest absolute Gasteiger partial charge is 0.426 e. The molecule has 36 heavy (non-hydrogen) atoms. The van der Waals surface area contributed by atoms with Crippen molar-refractivity contribution in [2.24, 2.45) is 11.8 Å². The Hall–Kier alpha value is -2.23. The number of hydrogen-bond donors (Lipinski definition) is 0. The third kappa shape index (κ3) is 6.55. The number of hydrogen-bond acceptors (Lipinski definition) is 4. The molecule has 0 heterocycles. The second-order valence-corrected chi connectivity index (χ2v) is 9.11. The van der Waals surface area contributed by atoms with Gasteiger partial charge in [-0.3, -0.25) is 9.59 Å². The monoisotopic (exact) mass is 468 g/mol. The van der Waals surface area contributed by atoms with E-state index in [0.29, 0.717) is 72.1 Å².